The first-order valence-corrected chi connectivity index (χ1v) is 50.4. The van der Waals surface area contributed by atoms with Crippen LogP contribution in [0.5, 0.6) is 0 Å². The van der Waals surface area contributed by atoms with E-state index in [0.29, 0.717) is 147 Å². The highest BCUT2D eigenvalue weighted by Crippen LogP contribution is 2.43. The van der Waals surface area contributed by atoms with Gasteiger partial charge < -0.3 is 84.0 Å². The Morgan fingerprint density at radius 3 is 1.09 bits per heavy atom. The number of rotatable bonds is 15. The summed E-state index contributed by atoms with van der Waals surface area (Å²) in [7, 11) is 4.29. The first-order valence-electron chi connectivity index (χ1n) is 47.8. The number of nitrogens with one attached hydrogen (secondary N) is 2. The van der Waals surface area contributed by atoms with Gasteiger partial charge in [0, 0.05) is 97.1 Å². The summed E-state index contributed by atoms with van der Waals surface area (Å²) in [6, 6.07) is 23.5. The van der Waals surface area contributed by atoms with Gasteiger partial charge in [0.1, 0.15) is 78.2 Å². The Morgan fingerprint density at radius 1 is 0.448 bits per heavy atom. The van der Waals surface area contributed by atoms with Crippen LogP contribution in [0, 0.1) is 0 Å². The number of piperidine rings is 5. The summed E-state index contributed by atoms with van der Waals surface area (Å²) < 4.78 is 132. The van der Waals surface area contributed by atoms with Crippen LogP contribution in [-0.2, 0) is 64.4 Å². The monoisotopic (exact) mass is 2160 g/mol. The first-order chi connectivity index (χ1) is 66.5. The lowest BCUT2D eigenvalue weighted by molar-refractivity contribution is -0.140. The Bertz CT molecular complexity index is 5130. The minimum atomic E-state index is -4.57. The van der Waals surface area contributed by atoms with E-state index >= 15 is 0 Å². The van der Waals surface area contributed by atoms with Crippen molar-refractivity contribution in [2.75, 3.05) is 200 Å². The standard InChI is InChI=1S/C23H28F3N5O2.C17H24ClN3O2.C15H20Cl2N2O2.C13H16Cl2N2O.C12H16BF3N2O2.C10H12Cl2N2.C4H9NO.C3H4O2.2CH4.ClH/c1-32-18-10-31(11-18)21-8-15(14-2-4-30(5-3-14)17-12-33-13-17)7-20(29-21)16-6-19(23(24,25)26)22(27)28-9-16;1-22-15-8-21(9-15)17-7-13(6-16(18)19-17)12-2-4-20(5-3-12)14-10-23-11-14;1-15(2,3)21-14(20)19-6-4-10(5-7-19)11-8-12(16)18-13(17)9-11;14-12-5-10(6-13(15)16-12)9-1-3-17(4-2-9)11-7-18-8-11;1-10(2)11(3,4)20-13(19-10)7-5-8(12(14,15)16)9(17)18-6-7;11-9-5-8(6-10(12)14-9)7-1-3-13-4-2-7;1-6-4-2-5-3-4;4-3-1-5-2-3;;;/h6-9,14,17-18H,2-5,10-13H2,1H3,(H2,27,28);6-7,12,14-15H,2-5,8-11H2,1H3;8-10H,4-7H2,1-3H3;5-6,9,11H,1-4,7-8H2;5-6H,1-4H3,(H2,17,18);5-7,13H,1-4H2;4-5H,2-3H2,1H3;1-2H2;2*1H4;1H. The molecule has 0 unspecified atom stereocenters. The molecule has 0 bridgehead atoms. The van der Waals surface area contributed by atoms with Crippen LogP contribution in [0.25, 0.3) is 11.3 Å². The lowest BCUT2D eigenvalue weighted by atomic mass is 9.79. The van der Waals surface area contributed by atoms with E-state index in [1.165, 1.54) is 41.9 Å². The summed E-state index contributed by atoms with van der Waals surface area (Å²) in [6.45, 7) is 34.2. The number of alkyl halides is 6. The van der Waals surface area contributed by atoms with E-state index in [9.17, 15) is 35.9 Å². The molecule has 13 fully saturated rings. The van der Waals surface area contributed by atoms with Crippen LogP contribution in [0.1, 0.15) is 196 Å². The fourth-order valence-electron chi connectivity index (χ4n) is 17.9. The molecule has 143 heavy (non-hydrogen) atoms. The molecule has 0 atom stereocenters. The van der Waals surface area contributed by atoms with Crippen molar-refractivity contribution in [2.45, 2.75) is 223 Å². The second kappa shape index (κ2) is 53.8. The van der Waals surface area contributed by atoms with Gasteiger partial charge in [-0.05, 0) is 295 Å². The molecule has 6 N–H and O–H groups in total. The number of amides is 1. The predicted molar refractivity (Wildman–Crippen MR) is 554 cm³/mol. The van der Waals surface area contributed by atoms with Crippen LogP contribution >= 0.6 is 93.6 Å². The number of nitrogens with zero attached hydrogens (tertiary/aromatic N) is 13. The molecule has 7 aromatic heterocycles. The quantitative estimate of drug-likeness (QED) is 0.0421. The molecular formula is C99H138BCl8F6N17O12. The number of nitrogens with two attached hydrogens (primary N) is 2. The summed E-state index contributed by atoms with van der Waals surface area (Å²) >= 11 is 41.8. The maximum atomic E-state index is 13.4. The Kier molecular flexibility index (Phi) is 44.6. The van der Waals surface area contributed by atoms with Crippen LogP contribution in [0.4, 0.5) is 54.4 Å². The largest absolute Gasteiger partial charge is 0.496 e. The molecule has 0 saturated carbocycles. The molecule has 1 amide bonds. The number of methoxy groups -OCH3 is 3. The van der Waals surface area contributed by atoms with E-state index in [1.807, 2.05) is 97.0 Å². The molecule has 29 nitrogen and oxygen atoms in total. The Balaban J connectivity index is 0.000000174. The lowest BCUT2D eigenvalue weighted by Crippen LogP contribution is -2.52. The minimum absolute atomic E-state index is 0. The first kappa shape index (κ1) is 118. The van der Waals surface area contributed by atoms with Gasteiger partial charge in [-0.2, -0.15) is 26.3 Å². The zero-order valence-corrected chi connectivity index (χ0v) is 87.3. The predicted octanol–water partition coefficient (Wildman–Crippen LogP) is 18.5. The summed E-state index contributed by atoms with van der Waals surface area (Å²) in [4.78, 5) is 64.0. The number of anilines is 4. The van der Waals surface area contributed by atoms with Gasteiger partial charge in [0.25, 0.3) is 0 Å². The van der Waals surface area contributed by atoms with E-state index < -0.39 is 59.0 Å². The van der Waals surface area contributed by atoms with Crippen LogP contribution in [-0.4, -0.2) is 306 Å². The summed E-state index contributed by atoms with van der Waals surface area (Å²) in [5, 5.41) is 9.81. The van der Waals surface area contributed by atoms with Crippen molar-refractivity contribution >= 4 is 141 Å². The highest BCUT2D eigenvalue weighted by molar-refractivity contribution is 6.62. The van der Waals surface area contributed by atoms with Crippen molar-refractivity contribution < 1.29 is 83.1 Å². The molecule has 0 radical (unpaired) electrons. The van der Waals surface area contributed by atoms with Crippen molar-refractivity contribution in [1.29, 1.82) is 0 Å². The third-order valence-electron chi connectivity index (χ3n) is 27.7. The molecule has 20 rings (SSSR count). The number of ketones is 1. The maximum Gasteiger partial charge on any atom is 0.496 e. The zero-order valence-electron chi connectivity index (χ0n) is 81.2. The topological polar surface area (TPSA) is 312 Å². The summed E-state index contributed by atoms with van der Waals surface area (Å²) in [5.74, 6) is 3.28. The maximum absolute atomic E-state index is 13.4. The number of hydrogen-bond acceptors (Lipinski definition) is 28. The van der Waals surface area contributed by atoms with E-state index in [4.69, 9.17) is 140 Å². The SMILES string of the molecule is C.C.CC(C)(C)OC(=O)N1CCC(c2cc(Cl)nc(Cl)c2)CC1.CC1(C)OB(c2cnc(N)c(C(F)(F)F)c2)OC1(C)C.COC1CN(c2cc(C3CCN(C4COC4)CC3)cc(-c3cnc(N)c(C(F)(F)F)c3)n2)C1.COC1CN(c2cc(C3CCN(C4COC4)CC3)cc(Cl)n2)C1.COC1CNC1.Cl.Clc1cc(C2CCN(C3COC3)CC2)cc(Cl)n1.Clc1cc(C2CCNCC2)cc(Cl)n1.O=C1COC1. The molecule has 0 aromatic carbocycles. The molecular weight excluding hydrogens is 2030 g/mol. The number of hydrogen-bond donors (Lipinski definition) is 4. The van der Waals surface area contributed by atoms with Gasteiger partial charge >= 0.3 is 25.6 Å². The number of aromatic nitrogens is 7. The van der Waals surface area contributed by atoms with Crippen molar-refractivity contribution in [3.63, 3.8) is 0 Å². The molecule has 13 saturated heterocycles. The van der Waals surface area contributed by atoms with Crippen molar-refractivity contribution in [3.05, 3.63) is 160 Å². The smallest absolute Gasteiger partial charge is 0.444 e. The fourth-order valence-corrected chi connectivity index (χ4v) is 19.6. The van der Waals surface area contributed by atoms with Crippen molar-refractivity contribution in [3.8, 4) is 11.3 Å². The molecule has 13 aliphatic heterocycles. The van der Waals surface area contributed by atoms with Gasteiger partial charge in [-0.3, -0.25) is 19.5 Å². The number of Topliss-reactive ketones (excluding diaryl/α,β-unsaturated/α-hetero) is 1. The Hall–Kier alpha value is -6.41. The highest BCUT2D eigenvalue weighted by Gasteiger charge is 2.53. The molecule has 0 aliphatic carbocycles. The average molecular weight is 2170 g/mol. The van der Waals surface area contributed by atoms with Crippen molar-refractivity contribution in [2.24, 2.45) is 0 Å². The van der Waals surface area contributed by atoms with E-state index in [1.54, 1.807) is 26.2 Å². The third kappa shape index (κ3) is 33.8. The van der Waals surface area contributed by atoms with Gasteiger partial charge in [-0.25, -0.2) is 39.7 Å². The summed E-state index contributed by atoms with van der Waals surface area (Å²) in [6.07, 6.45) is 4.94. The van der Waals surface area contributed by atoms with Crippen LogP contribution in [0.3, 0.4) is 0 Å². The summed E-state index contributed by atoms with van der Waals surface area (Å²) in [5.41, 5.74) is 14.1. The Labute approximate surface area is 878 Å². The second-order valence-corrected chi connectivity index (χ2v) is 41.9. The number of carbonyl (C=O) groups is 2. The van der Waals surface area contributed by atoms with E-state index in [2.05, 4.69) is 81.9 Å². The van der Waals surface area contributed by atoms with Crippen molar-refractivity contribution in [1.82, 2.24) is 65.1 Å². The number of carbonyl (C=O) groups excluding carboxylic acids is 2. The molecule has 792 valence electrons. The van der Waals surface area contributed by atoms with Gasteiger partial charge in [0.15, 0.2) is 5.78 Å². The molecule has 13 aliphatic rings. The van der Waals surface area contributed by atoms with Gasteiger partial charge in [0.05, 0.1) is 104 Å². The van der Waals surface area contributed by atoms with E-state index in [0.717, 1.165) is 204 Å². The number of likely N-dealkylation sites (tertiary alicyclic amines) is 4. The van der Waals surface area contributed by atoms with Gasteiger partial charge in [0.2, 0.25) is 0 Å². The van der Waals surface area contributed by atoms with Crippen LogP contribution in [0.15, 0.2) is 85.2 Å². The second-order valence-electron chi connectivity index (χ2n) is 39.1. The molecule has 20 heterocycles. The average Bonchev–Trinajstić information content (AvgIpc) is 1.62. The minimum Gasteiger partial charge on any atom is -0.444 e. The number of ether oxygens (including phenoxy) is 8. The molecule has 0 spiro atoms. The zero-order chi connectivity index (χ0) is 101. The highest BCUT2D eigenvalue weighted by atomic mass is 35.5. The van der Waals surface area contributed by atoms with Crippen LogP contribution in [0.2, 0.25) is 36.1 Å². The number of pyridine rings is 7. The normalized spacial score (nSPS) is 20.7. The number of nitrogen functional groups attached to an aromatic ring is 2. The van der Waals surface area contributed by atoms with Gasteiger partial charge in [-0.1, -0.05) is 96.1 Å². The third-order valence-corrected chi connectivity index (χ3v) is 29.1. The number of halogens is 14. The molecule has 7 aromatic rings. The molecule has 44 heteroatoms. The van der Waals surface area contributed by atoms with Crippen LogP contribution < -0.4 is 37.4 Å². The lowest BCUT2D eigenvalue weighted by Gasteiger charge is -2.42. The van der Waals surface area contributed by atoms with E-state index in [-0.39, 0.29) is 50.7 Å². The Morgan fingerprint density at radius 2 is 0.776 bits per heavy atom. The van der Waals surface area contributed by atoms with Gasteiger partial charge in [-0.15, -0.1) is 12.4 Å². The fraction of sp³-hybridized carbons (Fsp3) is 0.626.